The van der Waals surface area contributed by atoms with Gasteiger partial charge in [-0.2, -0.15) is 5.10 Å². The summed E-state index contributed by atoms with van der Waals surface area (Å²) in [7, 11) is 0. The fourth-order valence-electron chi connectivity index (χ4n) is 3.35. The lowest BCUT2D eigenvalue weighted by atomic mass is 10.1. The van der Waals surface area contributed by atoms with E-state index in [1.807, 2.05) is 6.20 Å². The average molecular weight is 248 g/mol. The predicted molar refractivity (Wildman–Crippen MR) is 72.4 cm³/mol. The van der Waals surface area contributed by atoms with Crippen molar-refractivity contribution < 1.29 is 0 Å². The highest BCUT2D eigenvalue weighted by Crippen LogP contribution is 2.30. The summed E-state index contributed by atoms with van der Waals surface area (Å²) in [6.45, 7) is 6.32. The minimum Gasteiger partial charge on any atom is -0.302 e. The summed E-state index contributed by atoms with van der Waals surface area (Å²) >= 11 is 0. The number of piperidine rings is 1. The summed E-state index contributed by atoms with van der Waals surface area (Å²) in [5.41, 5.74) is 1.30. The van der Waals surface area contributed by atoms with Crippen LogP contribution in [0.2, 0.25) is 0 Å². The summed E-state index contributed by atoms with van der Waals surface area (Å²) in [5, 5.41) is 7.23. The smallest absolute Gasteiger partial charge is 0.0523 e. The molecule has 2 aliphatic heterocycles. The van der Waals surface area contributed by atoms with E-state index >= 15 is 0 Å². The second-order valence-corrected chi connectivity index (χ2v) is 5.61. The van der Waals surface area contributed by atoms with E-state index in [1.165, 1.54) is 70.5 Å². The molecule has 1 atom stereocenters. The lowest BCUT2D eigenvalue weighted by Gasteiger charge is -2.30. The molecule has 1 N–H and O–H groups in total. The van der Waals surface area contributed by atoms with E-state index in [0.717, 1.165) is 0 Å². The highest BCUT2D eigenvalue weighted by atomic mass is 15.2. The van der Waals surface area contributed by atoms with Crippen LogP contribution in [0.15, 0.2) is 12.3 Å². The van der Waals surface area contributed by atoms with Gasteiger partial charge < -0.3 is 4.90 Å². The zero-order chi connectivity index (χ0) is 12.2. The van der Waals surface area contributed by atoms with Crippen LogP contribution < -0.4 is 0 Å². The van der Waals surface area contributed by atoms with Gasteiger partial charge in [0.05, 0.1) is 11.7 Å². The SMILES string of the molecule is c1cc([C@H]2CCCN2CCN2CCCCC2)[nH]n1. The number of rotatable bonds is 4. The molecule has 3 rings (SSSR count). The Morgan fingerprint density at radius 3 is 2.78 bits per heavy atom. The summed E-state index contributed by atoms with van der Waals surface area (Å²) in [6, 6.07) is 2.71. The molecule has 0 saturated carbocycles. The molecule has 4 nitrogen and oxygen atoms in total. The molecule has 0 spiro atoms. The quantitative estimate of drug-likeness (QED) is 0.885. The minimum absolute atomic E-state index is 0.581. The molecule has 2 aliphatic rings. The van der Waals surface area contributed by atoms with Crippen LogP contribution in [0.3, 0.4) is 0 Å². The first-order chi connectivity index (χ1) is 8.93. The van der Waals surface area contributed by atoms with Crippen LogP contribution in [0.4, 0.5) is 0 Å². The lowest BCUT2D eigenvalue weighted by molar-refractivity contribution is 0.173. The molecular weight excluding hydrogens is 224 g/mol. The monoisotopic (exact) mass is 248 g/mol. The van der Waals surface area contributed by atoms with Crippen molar-refractivity contribution in [1.82, 2.24) is 20.0 Å². The maximum atomic E-state index is 4.09. The Morgan fingerprint density at radius 2 is 2.00 bits per heavy atom. The summed E-state index contributed by atoms with van der Waals surface area (Å²) in [4.78, 5) is 5.26. The van der Waals surface area contributed by atoms with Crippen molar-refractivity contribution in [3.8, 4) is 0 Å². The number of likely N-dealkylation sites (tertiary alicyclic amines) is 2. The summed E-state index contributed by atoms with van der Waals surface area (Å²) in [6.07, 6.45) is 8.69. The van der Waals surface area contributed by atoms with Gasteiger partial charge in [0.1, 0.15) is 0 Å². The van der Waals surface area contributed by atoms with Gasteiger partial charge in [0, 0.05) is 19.3 Å². The minimum atomic E-state index is 0.581. The Labute approximate surface area is 109 Å². The van der Waals surface area contributed by atoms with Crippen LogP contribution >= 0.6 is 0 Å². The van der Waals surface area contributed by atoms with Gasteiger partial charge in [-0.05, 0) is 51.4 Å². The molecule has 2 fully saturated rings. The van der Waals surface area contributed by atoms with Crippen LogP contribution in [0.5, 0.6) is 0 Å². The molecule has 1 aromatic heterocycles. The zero-order valence-electron chi connectivity index (χ0n) is 11.1. The van der Waals surface area contributed by atoms with Gasteiger partial charge in [-0.1, -0.05) is 6.42 Å². The fraction of sp³-hybridized carbons (Fsp3) is 0.786. The van der Waals surface area contributed by atoms with Crippen LogP contribution in [0, 0.1) is 0 Å². The van der Waals surface area contributed by atoms with Gasteiger partial charge >= 0.3 is 0 Å². The Kier molecular flexibility index (Phi) is 3.96. The average Bonchev–Trinajstić information content (AvgIpc) is 3.08. The molecule has 3 heterocycles. The Morgan fingerprint density at radius 1 is 1.11 bits per heavy atom. The van der Waals surface area contributed by atoms with Gasteiger partial charge in [-0.25, -0.2) is 0 Å². The van der Waals surface area contributed by atoms with E-state index in [4.69, 9.17) is 0 Å². The van der Waals surface area contributed by atoms with Crippen molar-refractivity contribution in [2.24, 2.45) is 0 Å². The number of hydrogen-bond acceptors (Lipinski definition) is 3. The Balaban J connectivity index is 1.52. The van der Waals surface area contributed by atoms with Gasteiger partial charge in [0.25, 0.3) is 0 Å². The second kappa shape index (κ2) is 5.85. The molecule has 0 aromatic carbocycles. The third-order valence-corrected chi connectivity index (χ3v) is 4.40. The first kappa shape index (κ1) is 12.2. The first-order valence-electron chi connectivity index (χ1n) is 7.39. The normalized spacial score (nSPS) is 26.8. The Hall–Kier alpha value is -0.870. The van der Waals surface area contributed by atoms with Crippen LogP contribution in [0.1, 0.15) is 43.8 Å². The first-order valence-corrected chi connectivity index (χ1v) is 7.39. The number of aromatic nitrogens is 2. The highest BCUT2D eigenvalue weighted by molar-refractivity contribution is 5.06. The maximum absolute atomic E-state index is 4.09. The molecule has 1 aromatic rings. The van der Waals surface area contributed by atoms with Crippen LogP contribution in [-0.4, -0.2) is 52.7 Å². The number of nitrogens with one attached hydrogen (secondary N) is 1. The standard InChI is InChI=1S/C14H24N4/c1-2-8-17(9-3-1)11-12-18-10-4-5-14(18)13-6-7-15-16-13/h6-7,14H,1-5,8-12H2,(H,15,16)/t14-/m1/s1. The van der Waals surface area contributed by atoms with Crippen LogP contribution in [0.25, 0.3) is 0 Å². The summed E-state index contributed by atoms with van der Waals surface area (Å²) < 4.78 is 0. The molecule has 0 bridgehead atoms. The predicted octanol–water partition coefficient (Wildman–Crippen LogP) is 2.03. The molecule has 0 unspecified atom stereocenters. The largest absolute Gasteiger partial charge is 0.302 e. The van der Waals surface area contributed by atoms with E-state index in [2.05, 4.69) is 26.1 Å². The van der Waals surface area contributed by atoms with Gasteiger partial charge in [0.2, 0.25) is 0 Å². The third kappa shape index (κ3) is 2.75. The molecule has 0 radical (unpaired) electrons. The molecule has 0 amide bonds. The molecule has 2 saturated heterocycles. The van der Waals surface area contributed by atoms with E-state index < -0.39 is 0 Å². The lowest BCUT2D eigenvalue weighted by Crippen LogP contribution is -2.37. The second-order valence-electron chi connectivity index (χ2n) is 5.61. The van der Waals surface area contributed by atoms with Gasteiger partial charge in [-0.15, -0.1) is 0 Å². The van der Waals surface area contributed by atoms with E-state index in [9.17, 15) is 0 Å². The fourth-order valence-corrected chi connectivity index (χ4v) is 3.35. The van der Waals surface area contributed by atoms with Crippen molar-refractivity contribution in [3.63, 3.8) is 0 Å². The third-order valence-electron chi connectivity index (χ3n) is 4.40. The van der Waals surface area contributed by atoms with Crippen molar-refractivity contribution in [3.05, 3.63) is 18.0 Å². The van der Waals surface area contributed by atoms with Crippen molar-refractivity contribution in [1.29, 1.82) is 0 Å². The molecular formula is C14H24N4. The summed E-state index contributed by atoms with van der Waals surface area (Å²) in [5.74, 6) is 0. The van der Waals surface area contributed by atoms with Gasteiger partial charge in [0.15, 0.2) is 0 Å². The molecule has 4 heteroatoms. The highest BCUT2D eigenvalue weighted by Gasteiger charge is 2.27. The molecule has 100 valence electrons. The Bertz CT molecular complexity index is 343. The van der Waals surface area contributed by atoms with Crippen LogP contribution in [-0.2, 0) is 0 Å². The van der Waals surface area contributed by atoms with E-state index in [-0.39, 0.29) is 0 Å². The zero-order valence-corrected chi connectivity index (χ0v) is 11.1. The van der Waals surface area contributed by atoms with Crippen molar-refractivity contribution in [2.75, 3.05) is 32.7 Å². The number of H-pyrrole nitrogens is 1. The maximum Gasteiger partial charge on any atom is 0.0523 e. The van der Waals surface area contributed by atoms with E-state index in [1.54, 1.807) is 0 Å². The van der Waals surface area contributed by atoms with Crippen molar-refractivity contribution >= 4 is 0 Å². The number of aromatic amines is 1. The van der Waals surface area contributed by atoms with Crippen molar-refractivity contribution in [2.45, 2.75) is 38.1 Å². The van der Waals surface area contributed by atoms with E-state index in [0.29, 0.717) is 6.04 Å². The number of hydrogen-bond donors (Lipinski definition) is 1. The van der Waals surface area contributed by atoms with Gasteiger partial charge in [-0.3, -0.25) is 10.00 Å². The molecule has 18 heavy (non-hydrogen) atoms. The number of nitrogens with zero attached hydrogens (tertiary/aromatic N) is 3. The molecule has 0 aliphatic carbocycles. The topological polar surface area (TPSA) is 35.2 Å².